The molecule has 0 bridgehead atoms. The molecule has 2 nitrogen and oxygen atoms in total. The Balaban J connectivity index is 3.56. The Kier molecular flexibility index (Phi) is 4.69. The number of amides is 1. The number of hydrogen-bond acceptors (Lipinski definition) is 1. The van der Waals surface area contributed by atoms with E-state index in [4.69, 9.17) is 12.8 Å². The fourth-order valence-corrected chi connectivity index (χ4v) is 0.541. The highest BCUT2D eigenvalue weighted by molar-refractivity contribution is 5.76. The van der Waals surface area contributed by atoms with E-state index in [1.165, 1.54) is 0 Å². The summed E-state index contributed by atoms with van der Waals surface area (Å²) in [4.78, 5) is 10.9. The second-order valence-corrected chi connectivity index (χ2v) is 2.16. The minimum Gasteiger partial charge on any atom is -0.343 e. The number of hydrogen-bond donors (Lipinski definition) is 1. The first kappa shape index (κ1) is 9.59. The number of rotatable bonds is 3. The molecule has 0 radical (unpaired) electrons. The first-order chi connectivity index (χ1) is 5.20. The predicted molar refractivity (Wildman–Crippen MR) is 44.5 cm³/mol. The highest BCUT2D eigenvalue weighted by Gasteiger charge is 2.01. The lowest BCUT2D eigenvalue weighted by Gasteiger charge is -2.05. The minimum atomic E-state index is -0.208. The zero-order chi connectivity index (χ0) is 8.69. The molecular weight excluding hydrogens is 138 g/mol. The molecule has 0 rings (SSSR count). The van der Waals surface area contributed by atoms with Gasteiger partial charge in [0.05, 0.1) is 6.04 Å². The van der Waals surface area contributed by atoms with E-state index in [9.17, 15) is 4.79 Å². The number of terminal acetylenes is 2. The van der Waals surface area contributed by atoms with Crippen molar-refractivity contribution in [3.63, 3.8) is 0 Å². The Morgan fingerprint density at radius 3 is 2.73 bits per heavy atom. The van der Waals surface area contributed by atoms with Gasteiger partial charge in [0.15, 0.2) is 0 Å². The Labute approximate surface area is 67.4 Å². The summed E-state index contributed by atoms with van der Waals surface area (Å²) in [6.45, 7) is 1.74. The Bertz CT molecular complexity index is 207. The average Bonchev–Trinajstić information content (AvgIpc) is 2.00. The Morgan fingerprint density at radius 2 is 2.27 bits per heavy atom. The van der Waals surface area contributed by atoms with Crippen LogP contribution in [-0.4, -0.2) is 11.9 Å². The van der Waals surface area contributed by atoms with Crippen LogP contribution in [0.3, 0.4) is 0 Å². The van der Waals surface area contributed by atoms with Gasteiger partial charge >= 0.3 is 0 Å². The molecule has 0 heterocycles. The second kappa shape index (κ2) is 5.38. The van der Waals surface area contributed by atoms with Gasteiger partial charge in [-0.2, -0.15) is 0 Å². The van der Waals surface area contributed by atoms with Crippen LogP contribution in [0.25, 0.3) is 0 Å². The van der Waals surface area contributed by atoms with Gasteiger partial charge in [-0.1, -0.05) is 5.92 Å². The van der Waals surface area contributed by atoms with Crippen LogP contribution in [0.1, 0.15) is 19.8 Å². The Hall–Kier alpha value is -1.41. The van der Waals surface area contributed by atoms with Gasteiger partial charge < -0.3 is 5.32 Å². The monoisotopic (exact) mass is 149 g/mol. The fraction of sp³-hybridized carbons (Fsp3) is 0.444. The van der Waals surface area contributed by atoms with Crippen molar-refractivity contribution in [2.24, 2.45) is 0 Å². The van der Waals surface area contributed by atoms with E-state index in [1.807, 2.05) is 0 Å². The molecule has 0 spiro atoms. The fourth-order valence-electron chi connectivity index (χ4n) is 0.541. The first-order valence-electron chi connectivity index (χ1n) is 3.39. The predicted octanol–water partition coefficient (Wildman–Crippen LogP) is 0.538. The lowest BCUT2D eigenvalue weighted by Crippen LogP contribution is -2.30. The van der Waals surface area contributed by atoms with Gasteiger partial charge in [0, 0.05) is 12.8 Å². The van der Waals surface area contributed by atoms with Crippen LogP contribution in [0.5, 0.6) is 0 Å². The molecule has 0 fully saturated rings. The molecule has 0 aromatic heterocycles. The molecule has 11 heavy (non-hydrogen) atoms. The van der Waals surface area contributed by atoms with Crippen molar-refractivity contribution in [3.05, 3.63) is 0 Å². The summed E-state index contributed by atoms with van der Waals surface area (Å²) in [5.41, 5.74) is 0. The normalized spacial score (nSPS) is 10.8. The van der Waals surface area contributed by atoms with Crippen molar-refractivity contribution in [1.29, 1.82) is 0 Å². The number of nitrogens with one attached hydrogen (secondary N) is 1. The molecule has 0 aliphatic heterocycles. The van der Waals surface area contributed by atoms with E-state index in [-0.39, 0.29) is 11.9 Å². The molecule has 0 aromatic carbocycles. The molecular formula is C9H11NO. The van der Waals surface area contributed by atoms with Crippen molar-refractivity contribution >= 4 is 5.91 Å². The quantitative estimate of drug-likeness (QED) is 0.583. The van der Waals surface area contributed by atoms with Gasteiger partial charge in [0.25, 0.3) is 0 Å². The first-order valence-corrected chi connectivity index (χ1v) is 3.39. The summed E-state index contributed by atoms with van der Waals surface area (Å²) < 4.78 is 0. The maximum Gasteiger partial charge on any atom is 0.221 e. The van der Waals surface area contributed by atoms with Gasteiger partial charge in [-0.3, -0.25) is 4.79 Å². The topological polar surface area (TPSA) is 29.1 Å². The van der Waals surface area contributed by atoms with Gasteiger partial charge in [-0.05, 0) is 6.92 Å². The summed E-state index contributed by atoms with van der Waals surface area (Å²) >= 11 is 0. The summed E-state index contributed by atoms with van der Waals surface area (Å²) in [5.74, 6) is 4.68. The third-order valence-electron chi connectivity index (χ3n) is 1.12. The molecule has 0 aliphatic rings. The zero-order valence-corrected chi connectivity index (χ0v) is 6.55. The van der Waals surface area contributed by atoms with Crippen LogP contribution in [0.4, 0.5) is 0 Å². The summed E-state index contributed by atoms with van der Waals surface area (Å²) in [5, 5.41) is 2.59. The lowest BCUT2D eigenvalue weighted by molar-refractivity contribution is -0.121. The minimum absolute atomic E-state index is 0.0894. The van der Waals surface area contributed by atoms with Crippen LogP contribution in [0, 0.1) is 24.7 Å². The molecule has 0 saturated heterocycles. The van der Waals surface area contributed by atoms with E-state index in [1.54, 1.807) is 6.92 Å². The van der Waals surface area contributed by atoms with Gasteiger partial charge in [0.2, 0.25) is 5.91 Å². The molecule has 0 aromatic rings. The highest BCUT2D eigenvalue weighted by Crippen LogP contribution is 1.87. The molecule has 1 amide bonds. The van der Waals surface area contributed by atoms with Crippen molar-refractivity contribution in [1.82, 2.24) is 5.32 Å². The van der Waals surface area contributed by atoms with Gasteiger partial charge in [-0.15, -0.1) is 18.8 Å². The molecule has 1 unspecified atom stereocenters. The van der Waals surface area contributed by atoms with E-state index < -0.39 is 0 Å². The molecule has 2 heteroatoms. The van der Waals surface area contributed by atoms with Crippen molar-refractivity contribution in [2.75, 3.05) is 0 Å². The van der Waals surface area contributed by atoms with E-state index >= 15 is 0 Å². The molecule has 1 N–H and O–H groups in total. The summed E-state index contributed by atoms with van der Waals surface area (Å²) in [7, 11) is 0. The van der Waals surface area contributed by atoms with Crippen LogP contribution in [0.2, 0.25) is 0 Å². The number of carbonyl (C=O) groups is 1. The van der Waals surface area contributed by atoms with E-state index in [0.29, 0.717) is 12.8 Å². The summed E-state index contributed by atoms with van der Waals surface area (Å²) in [6, 6.07) is -0.208. The van der Waals surface area contributed by atoms with E-state index in [0.717, 1.165) is 0 Å². The van der Waals surface area contributed by atoms with Crippen LogP contribution in [0.15, 0.2) is 0 Å². The van der Waals surface area contributed by atoms with Crippen molar-refractivity contribution in [3.8, 4) is 24.7 Å². The lowest BCUT2D eigenvalue weighted by atomic mass is 10.3. The molecule has 1 atom stereocenters. The maximum absolute atomic E-state index is 10.9. The van der Waals surface area contributed by atoms with Gasteiger partial charge in [-0.25, -0.2) is 0 Å². The number of carbonyl (C=O) groups excluding carboxylic acids is 1. The average molecular weight is 149 g/mol. The maximum atomic E-state index is 10.9. The molecule has 0 aliphatic carbocycles. The van der Waals surface area contributed by atoms with Gasteiger partial charge in [0.1, 0.15) is 0 Å². The van der Waals surface area contributed by atoms with Crippen molar-refractivity contribution < 1.29 is 4.79 Å². The zero-order valence-electron chi connectivity index (χ0n) is 6.55. The van der Waals surface area contributed by atoms with Crippen LogP contribution < -0.4 is 5.32 Å². The Morgan fingerprint density at radius 1 is 1.64 bits per heavy atom. The third kappa shape index (κ3) is 5.06. The smallest absolute Gasteiger partial charge is 0.221 e. The standard InChI is InChI=1S/C9H11NO/c1-4-6-7-9(11)10-8(3)5-2/h1-2,8H,6-7H2,3H3,(H,10,11). The van der Waals surface area contributed by atoms with E-state index in [2.05, 4.69) is 17.2 Å². The van der Waals surface area contributed by atoms with Crippen molar-refractivity contribution in [2.45, 2.75) is 25.8 Å². The molecule has 0 saturated carbocycles. The van der Waals surface area contributed by atoms with Crippen LogP contribution >= 0.6 is 0 Å². The second-order valence-electron chi connectivity index (χ2n) is 2.16. The third-order valence-corrected chi connectivity index (χ3v) is 1.12. The SMILES string of the molecule is C#CCCC(=O)NC(C)C#C. The summed E-state index contributed by atoms with van der Waals surface area (Å²) in [6.07, 6.45) is 10.8. The highest BCUT2D eigenvalue weighted by atomic mass is 16.1. The van der Waals surface area contributed by atoms with Crippen LogP contribution in [-0.2, 0) is 4.79 Å². The molecule has 58 valence electrons. The largest absolute Gasteiger partial charge is 0.343 e.